The molecule has 0 bridgehead atoms. The number of likely N-dealkylation sites (tertiary alicyclic amines) is 1. The van der Waals surface area contributed by atoms with Crippen LogP contribution in [0.5, 0.6) is 0 Å². The van der Waals surface area contributed by atoms with Gasteiger partial charge in [-0.15, -0.1) is 11.3 Å². The van der Waals surface area contributed by atoms with Crippen molar-refractivity contribution in [1.82, 2.24) is 9.88 Å². The van der Waals surface area contributed by atoms with Crippen molar-refractivity contribution in [2.45, 2.75) is 33.4 Å². The highest BCUT2D eigenvalue weighted by molar-refractivity contribution is 7.09. The molecule has 4 rings (SSSR count). The van der Waals surface area contributed by atoms with Crippen molar-refractivity contribution in [3.63, 3.8) is 0 Å². The third-order valence-electron chi connectivity index (χ3n) is 5.46. The summed E-state index contributed by atoms with van der Waals surface area (Å²) in [5.41, 5.74) is 3.57. The molecule has 1 unspecified atom stereocenters. The second-order valence-electron chi connectivity index (χ2n) is 8.36. The summed E-state index contributed by atoms with van der Waals surface area (Å²) in [6, 6.07) is 18.5. The van der Waals surface area contributed by atoms with E-state index in [-0.39, 0.29) is 11.8 Å². The molecular weight excluding hydrogens is 376 g/mol. The lowest BCUT2D eigenvalue weighted by molar-refractivity contribution is -0.128. The number of pyridine rings is 1. The Morgan fingerprint density at radius 3 is 2.59 bits per heavy atom. The van der Waals surface area contributed by atoms with Gasteiger partial charge in [-0.1, -0.05) is 55.8 Å². The number of aromatic nitrogens is 1. The maximum atomic E-state index is 13.5. The molecule has 1 fully saturated rings. The summed E-state index contributed by atoms with van der Waals surface area (Å²) in [5, 5.41) is 2.11. The minimum absolute atomic E-state index is 0.0831. The normalized spacial score (nSPS) is 20.9. The van der Waals surface area contributed by atoms with Crippen LogP contribution in [-0.4, -0.2) is 22.2 Å². The average Bonchev–Trinajstić information content (AvgIpc) is 3.21. The lowest BCUT2D eigenvalue weighted by atomic mass is 9.74. The van der Waals surface area contributed by atoms with Crippen molar-refractivity contribution in [2.75, 3.05) is 6.54 Å². The number of carbonyl (C=O) groups excluding carboxylic acids is 1. The van der Waals surface area contributed by atoms with Crippen molar-refractivity contribution < 1.29 is 4.79 Å². The Bertz CT molecular complexity index is 1000. The molecule has 1 aliphatic heterocycles. The number of carbonyl (C=O) groups is 1. The van der Waals surface area contributed by atoms with Crippen molar-refractivity contribution in [1.29, 1.82) is 0 Å². The number of Topliss-reactive ketones (excluding diaryl/α,β-unsaturated/α-hetero) is 1. The molecule has 1 aromatic carbocycles. The number of aryl methyl sites for hydroxylation is 1. The molecule has 3 nitrogen and oxygen atoms in total. The van der Waals surface area contributed by atoms with Crippen LogP contribution < -0.4 is 0 Å². The fourth-order valence-electron chi connectivity index (χ4n) is 4.04. The Morgan fingerprint density at radius 1 is 1.14 bits per heavy atom. The van der Waals surface area contributed by atoms with Gasteiger partial charge in [-0.05, 0) is 42.1 Å². The largest absolute Gasteiger partial charge is 0.294 e. The predicted molar refractivity (Wildman–Crippen MR) is 120 cm³/mol. The summed E-state index contributed by atoms with van der Waals surface area (Å²) in [5.74, 6) is 0.205. The van der Waals surface area contributed by atoms with E-state index in [0.29, 0.717) is 0 Å². The highest BCUT2D eigenvalue weighted by Crippen LogP contribution is 2.42. The van der Waals surface area contributed by atoms with Crippen LogP contribution >= 0.6 is 11.3 Å². The van der Waals surface area contributed by atoms with Gasteiger partial charge >= 0.3 is 0 Å². The molecule has 1 saturated heterocycles. The van der Waals surface area contributed by atoms with Gasteiger partial charge in [0, 0.05) is 35.2 Å². The maximum Gasteiger partial charge on any atom is 0.167 e. The summed E-state index contributed by atoms with van der Waals surface area (Å²) in [4.78, 5) is 21.7. The van der Waals surface area contributed by atoms with Crippen LogP contribution in [0.15, 0.2) is 71.7 Å². The Balaban J connectivity index is 1.84. The monoisotopic (exact) mass is 402 g/mol. The minimum Gasteiger partial charge on any atom is -0.294 e. The van der Waals surface area contributed by atoms with E-state index in [1.807, 2.05) is 38.1 Å². The number of ketones is 1. The smallest absolute Gasteiger partial charge is 0.167 e. The lowest BCUT2D eigenvalue weighted by Gasteiger charge is -2.44. The van der Waals surface area contributed by atoms with Crippen LogP contribution in [0.25, 0.3) is 6.08 Å². The summed E-state index contributed by atoms with van der Waals surface area (Å²) in [6.45, 7) is 7.74. The third-order valence-corrected chi connectivity index (χ3v) is 6.32. The first-order valence-electron chi connectivity index (χ1n) is 9.94. The first-order valence-corrected chi connectivity index (χ1v) is 10.8. The molecule has 0 spiro atoms. The maximum absolute atomic E-state index is 13.5. The fourth-order valence-corrected chi connectivity index (χ4v) is 4.77. The summed E-state index contributed by atoms with van der Waals surface area (Å²) in [6.07, 6.45) is 3.75. The van der Waals surface area contributed by atoms with Gasteiger partial charge in [0.2, 0.25) is 0 Å². The quantitative estimate of drug-likeness (QED) is 0.526. The van der Waals surface area contributed by atoms with Crippen molar-refractivity contribution in [3.8, 4) is 0 Å². The van der Waals surface area contributed by atoms with E-state index in [2.05, 4.69) is 58.6 Å². The number of thiophene rings is 1. The zero-order valence-electron chi connectivity index (χ0n) is 17.1. The molecule has 0 N–H and O–H groups in total. The molecule has 0 saturated carbocycles. The minimum atomic E-state index is -0.445. The zero-order chi connectivity index (χ0) is 20.4. The molecule has 1 atom stereocenters. The van der Waals surface area contributed by atoms with E-state index in [0.717, 1.165) is 29.9 Å². The highest BCUT2D eigenvalue weighted by Gasteiger charge is 2.44. The number of nitrogens with zero attached hydrogens (tertiary/aromatic N) is 2. The van der Waals surface area contributed by atoms with Crippen LogP contribution in [0.1, 0.15) is 41.6 Å². The van der Waals surface area contributed by atoms with Crippen molar-refractivity contribution >= 4 is 23.2 Å². The van der Waals surface area contributed by atoms with E-state index in [9.17, 15) is 4.79 Å². The second kappa shape index (κ2) is 8.05. The summed E-state index contributed by atoms with van der Waals surface area (Å²) in [7, 11) is 0. The Labute approximate surface area is 176 Å². The number of hydrogen-bond acceptors (Lipinski definition) is 4. The molecule has 0 aliphatic carbocycles. The summed E-state index contributed by atoms with van der Waals surface area (Å²) < 4.78 is 0. The van der Waals surface area contributed by atoms with Crippen molar-refractivity contribution in [2.24, 2.45) is 5.41 Å². The van der Waals surface area contributed by atoms with Gasteiger partial charge in [0.1, 0.15) is 0 Å². The standard InChI is InChI=1S/C25H26N2OS/c1-18-9-11-19(12-10-18)23-22(15-20-7-4-5-13-26-20)24(28)25(2,3)17-27(23)16-21-8-6-14-29-21/h4-15,23H,16-17H2,1-3H3/b22-15+. The van der Waals surface area contributed by atoms with Crippen LogP contribution in [0.3, 0.4) is 0 Å². The number of hydrogen-bond donors (Lipinski definition) is 0. The number of rotatable bonds is 4. The molecule has 2 aromatic heterocycles. The summed E-state index contributed by atoms with van der Waals surface area (Å²) >= 11 is 1.76. The molecule has 0 radical (unpaired) electrons. The Hall–Kier alpha value is -2.56. The van der Waals surface area contributed by atoms with E-state index in [1.165, 1.54) is 10.4 Å². The average molecular weight is 403 g/mol. The predicted octanol–water partition coefficient (Wildman–Crippen LogP) is 5.69. The van der Waals surface area contributed by atoms with Crippen molar-refractivity contribution in [3.05, 3.63) is 93.4 Å². The second-order valence-corrected chi connectivity index (χ2v) is 9.40. The van der Waals surface area contributed by atoms with E-state index in [4.69, 9.17) is 0 Å². The Kier molecular flexibility index (Phi) is 5.48. The third kappa shape index (κ3) is 4.24. The van der Waals surface area contributed by atoms with E-state index < -0.39 is 5.41 Å². The number of piperidine rings is 1. The fraction of sp³-hybridized carbons (Fsp3) is 0.280. The first-order chi connectivity index (χ1) is 13.9. The van der Waals surface area contributed by atoms with Crippen LogP contribution in [0, 0.1) is 12.3 Å². The Morgan fingerprint density at radius 2 is 1.93 bits per heavy atom. The molecule has 0 amide bonds. The topological polar surface area (TPSA) is 33.2 Å². The molecule has 3 aromatic rings. The van der Waals surface area contributed by atoms with Gasteiger partial charge in [-0.25, -0.2) is 0 Å². The first kappa shape index (κ1) is 19.7. The van der Waals surface area contributed by atoms with Gasteiger partial charge in [0.15, 0.2) is 5.78 Å². The molecule has 148 valence electrons. The molecule has 3 heterocycles. The van der Waals surface area contributed by atoms with Crippen LogP contribution in [0.2, 0.25) is 0 Å². The van der Waals surface area contributed by atoms with Gasteiger partial charge in [-0.2, -0.15) is 0 Å². The zero-order valence-corrected chi connectivity index (χ0v) is 17.9. The van der Waals surface area contributed by atoms with Crippen LogP contribution in [0.4, 0.5) is 0 Å². The number of benzene rings is 1. The highest BCUT2D eigenvalue weighted by atomic mass is 32.1. The van der Waals surface area contributed by atoms with Gasteiger partial charge < -0.3 is 0 Å². The molecule has 4 heteroatoms. The van der Waals surface area contributed by atoms with Gasteiger partial charge in [0.05, 0.1) is 11.7 Å². The van der Waals surface area contributed by atoms with Crippen LogP contribution in [-0.2, 0) is 11.3 Å². The van der Waals surface area contributed by atoms with Gasteiger partial charge in [0.25, 0.3) is 0 Å². The lowest BCUT2D eigenvalue weighted by Crippen LogP contribution is -2.48. The molecular formula is C25H26N2OS. The van der Waals surface area contributed by atoms with E-state index in [1.54, 1.807) is 17.5 Å². The van der Waals surface area contributed by atoms with Gasteiger partial charge in [-0.3, -0.25) is 14.7 Å². The van der Waals surface area contributed by atoms with E-state index >= 15 is 0 Å². The SMILES string of the molecule is Cc1ccc(C2/C(=C\c3ccccn3)C(=O)C(C)(C)CN2Cc2cccs2)cc1. The molecule has 1 aliphatic rings. The molecule has 29 heavy (non-hydrogen) atoms.